The number of hydrogen-bond donors (Lipinski definition) is 0. The summed E-state index contributed by atoms with van der Waals surface area (Å²) in [6.45, 7) is 7.34. The molecular formula is C20H30N6O3. The van der Waals surface area contributed by atoms with Crippen LogP contribution in [0, 0.1) is 0 Å². The third kappa shape index (κ3) is 4.56. The van der Waals surface area contributed by atoms with Crippen LogP contribution in [0.25, 0.3) is 0 Å². The first-order chi connectivity index (χ1) is 14.0. The minimum Gasteiger partial charge on any atom is -0.382 e. The molecule has 1 saturated heterocycles. The zero-order chi connectivity index (χ0) is 20.9. The Labute approximate surface area is 170 Å². The van der Waals surface area contributed by atoms with Crippen molar-refractivity contribution in [3.63, 3.8) is 0 Å². The number of ether oxygens (including phenoxy) is 1. The number of likely N-dealkylation sites (tertiary alicyclic amines) is 1. The molecule has 1 aromatic heterocycles. The van der Waals surface area contributed by atoms with Gasteiger partial charge in [0.15, 0.2) is 0 Å². The summed E-state index contributed by atoms with van der Waals surface area (Å²) in [4.78, 5) is 28.9. The molecule has 1 fully saturated rings. The monoisotopic (exact) mass is 402 g/mol. The van der Waals surface area contributed by atoms with Crippen molar-refractivity contribution in [2.45, 2.75) is 45.3 Å². The summed E-state index contributed by atoms with van der Waals surface area (Å²) in [5, 5.41) is 7.80. The number of carbonyl (C=O) groups is 1. The van der Waals surface area contributed by atoms with Crippen molar-refractivity contribution in [3.05, 3.63) is 40.8 Å². The molecule has 0 spiro atoms. The number of methoxy groups -OCH3 is 1. The van der Waals surface area contributed by atoms with Crippen LogP contribution in [-0.2, 0) is 22.6 Å². The molecule has 2 heterocycles. The Balaban J connectivity index is 1.69. The van der Waals surface area contributed by atoms with Crippen LogP contribution in [0.4, 0.5) is 5.69 Å². The molecule has 0 atom stereocenters. The Morgan fingerprint density at radius 1 is 1.14 bits per heavy atom. The van der Waals surface area contributed by atoms with Gasteiger partial charge in [-0.25, -0.2) is 4.79 Å². The standard InChI is InChI=1S/C20H30N6O3/c1-4-24-19(28)25(22-21-24)15-14-23-12-10-20(11-13-23,16-29-3)26(17(2)27)18-8-6-5-7-9-18/h5-9H,4,10-16H2,1-3H3. The highest BCUT2D eigenvalue weighted by atomic mass is 16.5. The number of tetrazole rings is 1. The van der Waals surface area contributed by atoms with E-state index in [2.05, 4.69) is 15.3 Å². The lowest BCUT2D eigenvalue weighted by Gasteiger charge is -2.48. The highest BCUT2D eigenvalue weighted by Gasteiger charge is 2.42. The fraction of sp³-hybridized carbons (Fsp3) is 0.600. The number of anilines is 1. The number of amides is 1. The van der Waals surface area contributed by atoms with E-state index in [0.29, 0.717) is 19.7 Å². The largest absolute Gasteiger partial charge is 0.382 e. The molecule has 1 aromatic carbocycles. The number of aromatic nitrogens is 4. The van der Waals surface area contributed by atoms with Crippen molar-refractivity contribution in [1.29, 1.82) is 0 Å². The van der Waals surface area contributed by atoms with Crippen molar-refractivity contribution in [2.24, 2.45) is 0 Å². The van der Waals surface area contributed by atoms with E-state index in [1.165, 1.54) is 9.36 Å². The van der Waals surface area contributed by atoms with E-state index in [-0.39, 0.29) is 17.1 Å². The lowest BCUT2D eigenvalue weighted by atomic mass is 9.85. The average Bonchev–Trinajstić information content (AvgIpc) is 3.08. The van der Waals surface area contributed by atoms with E-state index in [1.54, 1.807) is 14.0 Å². The molecular weight excluding hydrogens is 372 g/mol. The molecule has 29 heavy (non-hydrogen) atoms. The summed E-state index contributed by atoms with van der Waals surface area (Å²) >= 11 is 0. The number of para-hydroxylation sites is 1. The lowest BCUT2D eigenvalue weighted by molar-refractivity contribution is -0.118. The first kappa shape index (κ1) is 21.2. The fourth-order valence-electron chi connectivity index (χ4n) is 4.14. The zero-order valence-electron chi connectivity index (χ0n) is 17.5. The van der Waals surface area contributed by atoms with Gasteiger partial charge in [-0.15, -0.1) is 0 Å². The maximum atomic E-state index is 12.6. The van der Waals surface area contributed by atoms with Crippen molar-refractivity contribution in [1.82, 2.24) is 24.7 Å². The first-order valence-electron chi connectivity index (χ1n) is 10.1. The van der Waals surface area contributed by atoms with Gasteiger partial charge in [0.05, 0.1) is 18.7 Å². The molecule has 9 nitrogen and oxygen atoms in total. The highest BCUT2D eigenvalue weighted by Crippen LogP contribution is 2.34. The smallest absolute Gasteiger partial charge is 0.363 e. The Kier molecular flexibility index (Phi) is 6.81. The van der Waals surface area contributed by atoms with Gasteiger partial charge in [-0.2, -0.15) is 9.36 Å². The van der Waals surface area contributed by atoms with Crippen LogP contribution in [0.2, 0.25) is 0 Å². The van der Waals surface area contributed by atoms with Gasteiger partial charge in [0.25, 0.3) is 0 Å². The number of hydrogen-bond acceptors (Lipinski definition) is 6. The second kappa shape index (κ2) is 9.32. The van der Waals surface area contributed by atoms with E-state index in [0.717, 1.165) is 38.2 Å². The van der Waals surface area contributed by atoms with Crippen LogP contribution in [0.3, 0.4) is 0 Å². The van der Waals surface area contributed by atoms with Gasteiger partial charge in [-0.3, -0.25) is 4.79 Å². The summed E-state index contributed by atoms with van der Waals surface area (Å²) in [6.07, 6.45) is 1.59. The van der Waals surface area contributed by atoms with E-state index >= 15 is 0 Å². The molecule has 1 amide bonds. The molecule has 0 aliphatic carbocycles. The van der Waals surface area contributed by atoms with Crippen LogP contribution in [0.1, 0.15) is 26.7 Å². The summed E-state index contributed by atoms with van der Waals surface area (Å²) in [5.74, 6) is 0.0180. The summed E-state index contributed by atoms with van der Waals surface area (Å²) < 4.78 is 8.31. The molecule has 1 aliphatic heterocycles. The van der Waals surface area contributed by atoms with Crippen LogP contribution in [0.15, 0.2) is 35.1 Å². The predicted molar refractivity (Wildman–Crippen MR) is 110 cm³/mol. The van der Waals surface area contributed by atoms with Gasteiger partial charge in [-0.1, -0.05) is 18.2 Å². The Bertz CT molecular complexity index is 855. The number of carbonyl (C=O) groups excluding carboxylic acids is 1. The van der Waals surface area contributed by atoms with Gasteiger partial charge in [-0.05, 0) is 42.3 Å². The van der Waals surface area contributed by atoms with Gasteiger partial charge >= 0.3 is 5.69 Å². The normalized spacial score (nSPS) is 16.7. The van der Waals surface area contributed by atoms with E-state index in [9.17, 15) is 9.59 Å². The minimum absolute atomic E-state index is 0.0180. The van der Waals surface area contributed by atoms with Crippen molar-refractivity contribution >= 4 is 11.6 Å². The zero-order valence-corrected chi connectivity index (χ0v) is 17.5. The number of rotatable bonds is 8. The maximum absolute atomic E-state index is 12.6. The second-order valence-corrected chi connectivity index (χ2v) is 7.49. The number of piperidine rings is 1. The molecule has 1 aliphatic rings. The van der Waals surface area contributed by atoms with E-state index in [4.69, 9.17) is 4.74 Å². The summed E-state index contributed by atoms with van der Waals surface area (Å²) in [7, 11) is 1.68. The third-order valence-corrected chi connectivity index (χ3v) is 5.63. The summed E-state index contributed by atoms with van der Waals surface area (Å²) in [6, 6.07) is 9.78. The summed E-state index contributed by atoms with van der Waals surface area (Å²) in [5.41, 5.74) is 0.346. The van der Waals surface area contributed by atoms with E-state index < -0.39 is 0 Å². The van der Waals surface area contributed by atoms with Crippen LogP contribution >= 0.6 is 0 Å². The minimum atomic E-state index is -0.374. The molecule has 9 heteroatoms. The van der Waals surface area contributed by atoms with Crippen molar-refractivity contribution in [3.8, 4) is 0 Å². The Morgan fingerprint density at radius 3 is 2.34 bits per heavy atom. The molecule has 3 rings (SSSR count). The maximum Gasteiger partial charge on any atom is 0.363 e. The predicted octanol–water partition coefficient (Wildman–Crippen LogP) is 0.994. The number of benzene rings is 1. The molecule has 158 valence electrons. The number of nitrogens with zero attached hydrogens (tertiary/aromatic N) is 6. The third-order valence-electron chi connectivity index (χ3n) is 5.63. The first-order valence-corrected chi connectivity index (χ1v) is 10.1. The van der Waals surface area contributed by atoms with Gasteiger partial charge in [0.2, 0.25) is 5.91 Å². The van der Waals surface area contributed by atoms with Gasteiger partial charge in [0.1, 0.15) is 0 Å². The van der Waals surface area contributed by atoms with Gasteiger partial charge < -0.3 is 14.5 Å². The highest BCUT2D eigenvalue weighted by molar-refractivity contribution is 5.93. The van der Waals surface area contributed by atoms with E-state index in [1.807, 2.05) is 42.2 Å². The Morgan fingerprint density at radius 2 is 1.79 bits per heavy atom. The molecule has 0 unspecified atom stereocenters. The SMILES string of the molecule is CCn1nnn(CCN2CCC(COC)(N(C(C)=O)c3ccccc3)CC2)c1=O. The van der Waals surface area contributed by atoms with Gasteiger partial charge in [0, 0.05) is 45.9 Å². The van der Waals surface area contributed by atoms with Crippen LogP contribution in [-0.4, -0.2) is 69.5 Å². The Hall–Kier alpha value is -2.52. The molecule has 0 saturated carbocycles. The second-order valence-electron chi connectivity index (χ2n) is 7.49. The van der Waals surface area contributed by atoms with Crippen molar-refractivity contribution in [2.75, 3.05) is 38.3 Å². The number of aryl methyl sites for hydroxylation is 1. The molecule has 0 radical (unpaired) electrons. The molecule has 0 N–H and O–H groups in total. The fourth-order valence-corrected chi connectivity index (χ4v) is 4.14. The van der Waals surface area contributed by atoms with Crippen molar-refractivity contribution < 1.29 is 9.53 Å². The molecule has 2 aromatic rings. The average molecular weight is 402 g/mol. The topological polar surface area (TPSA) is 85.5 Å². The quantitative estimate of drug-likeness (QED) is 0.655. The lowest BCUT2D eigenvalue weighted by Crippen LogP contribution is -2.60. The van der Waals surface area contributed by atoms with Crippen LogP contribution < -0.4 is 10.6 Å². The van der Waals surface area contributed by atoms with Crippen LogP contribution in [0.5, 0.6) is 0 Å². The molecule has 0 bridgehead atoms.